The Morgan fingerprint density at radius 3 is 2.13 bits per heavy atom. The van der Waals surface area contributed by atoms with Crippen LogP contribution in [0.1, 0.15) is 108 Å². The van der Waals surface area contributed by atoms with Crippen molar-refractivity contribution in [3.8, 4) is 12.3 Å². The van der Waals surface area contributed by atoms with Gasteiger partial charge in [0.1, 0.15) is 0 Å². The van der Waals surface area contributed by atoms with Gasteiger partial charge in [-0.25, -0.2) is 0 Å². The zero-order valence-electron chi connectivity index (χ0n) is 30.5. The van der Waals surface area contributed by atoms with Crippen LogP contribution >= 0.6 is 0 Å². The number of ether oxygens (including phenoxy) is 1. The summed E-state index contributed by atoms with van der Waals surface area (Å²) >= 11 is 0. The van der Waals surface area contributed by atoms with E-state index in [2.05, 4.69) is 42.1 Å². The Morgan fingerprint density at radius 1 is 1.02 bits per heavy atom. The summed E-state index contributed by atoms with van der Waals surface area (Å²) in [6, 6.07) is 0. The van der Waals surface area contributed by atoms with Crippen LogP contribution in [0.15, 0.2) is 24.3 Å². The molecule has 8 heteroatoms. The van der Waals surface area contributed by atoms with Crippen LogP contribution in [0.4, 0.5) is 0 Å². The number of carbonyl (C=O) groups is 2. The Morgan fingerprint density at radius 2 is 1.61 bits per heavy atom. The van der Waals surface area contributed by atoms with E-state index in [0.717, 1.165) is 25.7 Å². The molecule has 3 N–H and O–H groups in total. The van der Waals surface area contributed by atoms with Gasteiger partial charge >= 0.3 is 0 Å². The number of aliphatic hydroxyl groups excluding tert-OH is 2. The Hall–Kier alpha value is -2.02. The monoisotopic (exact) mass is 643 g/mol. The molecule has 2 aliphatic carbocycles. The van der Waals surface area contributed by atoms with Gasteiger partial charge < -0.3 is 14.9 Å². The average Bonchev–Trinajstić information content (AvgIpc) is 3.68. The maximum Gasteiger partial charge on any atom is 0.233 e. The predicted molar refractivity (Wildman–Crippen MR) is 187 cm³/mol. The molecule has 2 amide bonds. The zero-order valence-corrected chi connectivity index (χ0v) is 30.5. The lowest BCUT2D eigenvalue weighted by Gasteiger charge is -2.44. The Balaban J connectivity index is 0.00000361. The molecule has 2 fully saturated rings. The van der Waals surface area contributed by atoms with Gasteiger partial charge in [-0.2, -0.15) is 0 Å². The highest BCUT2D eigenvalue weighted by Gasteiger charge is 2.58. The molecule has 2 bridgehead atoms. The standard InChI is InChI=1S/C36H59N3O5.C2H6/c1-10-19-36(9,37-34(5,6)24-44-25(3)4)29(41)18-22-38(20-11-2)35(7,8)28(40)15-13-12-14-21-39-32(42)30-26-16-17-27(23-26)31(30)33(39)43;1-2/h2,10,16-17,19,25-31,37,40-41H,12-15,18,20-24H2,1,3-9H3;1-2H3. The molecular weight excluding hydrogens is 578 g/mol. The van der Waals surface area contributed by atoms with Gasteiger partial charge in [-0.15, -0.1) is 6.42 Å². The lowest BCUT2D eigenvalue weighted by atomic mass is 9.85. The van der Waals surface area contributed by atoms with E-state index >= 15 is 0 Å². The van der Waals surface area contributed by atoms with Crippen molar-refractivity contribution in [2.75, 3.05) is 26.2 Å². The van der Waals surface area contributed by atoms with Crippen LogP contribution in [0.25, 0.3) is 0 Å². The number of rotatable bonds is 19. The summed E-state index contributed by atoms with van der Waals surface area (Å²) < 4.78 is 5.86. The summed E-state index contributed by atoms with van der Waals surface area (Å²) in [6.45, 7) is 22.0. The fourth-order valence-electron chi connectivity index (χ4n) is 7.51. The molecule has 8 nitrogen and oxygen atoms in total. The van der Waals surface area contributed by atoms with Crippen LogP contribution in [0.5, 0.6) is 0 Å². The normalized spacial score (nSPS) is 25.2. The summed E-state index contributed by atoms with van der Waals surface area (Å²) in [6.07, 6.45) is 17.1. The number of amides is 2. The number of unbranched alkanes of at least 4 members (excludes halogenated alkanes) is 2. The van der Waals surface area contributed by atoms with Gasteiger partial charge in [0.2, 0.25) is 11.8 Å². The molecule has 1 aliphatic heterocycles. The molecule has 1 saturated carbocycles. The van der Waals surface area contributed by atoms with Crippen LogP contribution in [-0.4, -0.2) is 93.0 Å². The predicted octanol–water partition coefficient (Wildman–Crippen LogP) is 5.33. The summed E-state index contributed by atoms with van der Waals surface area (Å²) in [5.41, 5.74) is -1.65. The molecule has 0 radical (unpaired) electrons. The van der Waals surface area contributed by atoms with Crippen molar-refractivity contribution >= 4 is 11.8 Å². The van der Waals surface area contributed by atoms with Crippen LogP contribution < -0.4 is 5.32 Å². The lowest BCUT2D eigenvalue weighted by molar-refractivity contribution is -0.140. The maximum atomic E-state index is 12.9. The molecule has 7 atom stereocenters. The van der Waals surface area contributed by atoms with E-state index in [4.69, 9.17) is 11.2 Å². The van der Waals surface area contributed by atoms with E-state index in [0.29, 0.717) is 39.1 Å². The third kappa shape index (κ3) is 9.76. The van der Waals surface area contributed by atoms with Crippen molar-refractivity contribution in [3.05, 3.63) is 24.3 Å². The van der Waals surface area contributed by atoms with E-state index in [-0.39, 0.29) is 47.1 Å². The Kier molecular flexibility index (Phi) is 15.2. The number of carbonyl (C=O) groups excluding carboxylic acids is 2. The van der Waals surface area contributed by atoms with Crippen LogP contribution in [0.2, 0.25) is 0 Å². The number of hydrogen-bond donors (Lipinski definition) is 3. The van der Waals surface area contributed by atoms with Crippen molar-refractivity contribution in [2.24, 2.45) is 23.7 Å². The second kappa shape index (κ2) is 17.4. The lowest BCUT2D eigenvalue weighted by Crippen LogP contribution is -2.61. The van der Waals surface area contributed by atoms with E-state index in [9.17, 15) is 19.8 Å². The SMILES string of the molecule is C#CCN(CCC(O)C(C)(C=CC)NC(C)(C)COC(C)C)C(C)(C)C(O)CCCCCN1C(=O)C2C3C=CC(C3)C2C1=O.CC. The molecule has 0 aromatic carbocycles. The Labute approximate surface area is 280 Å². The number of terminal acetylenes is 1. The third-order valence-corrected chi connectivity index (χ3v) is 10.1. The summed E-state index contributed by atoms with van der Waals surface area (Å²) in [5.74, 6) is 2.95. The van der Waals surface area contributed by atoms with Crippen molar-refractivity contribution in [3.63, 3.8) is 0 Å². The summed E-state index contributed by atoms with van der Waals surface area (Å²) in [7, 11) is 0. The number of nitrogens with one attached hydrogen (secondary N) is 1. The largest absolute Gasteiger partial charge is 0.391 e. The molecule has 46 heavy (non-hydrogen) atoms. The highest BCUT2D eigenvalue weighted by atomic mass is 16.5. The number of aliphatic hydroxyl groups is 2. The molecule has 1 saturated heterocycles. The van der Waals surface area contributed by atoms with Gasteiger partial charge in [-0.1, -0.05) is 56.9 Å². The van der Waals surface area contributed by atoms with E-state index in [1.54, 1.807) is 0 Å². The first-order chi connectivity index (χ1) is 21.6. The fraction of sp³-hybridized carbons (Fsp3) is 0.789. The quantitative estimate of drug-likeness (QED) is 0.0757. The second-order valence-corrected chi connectivity index (χ2v) is 14.9. The first kappa shape index (κ1) is 40.2. The Bertz CT molecular complexity index is 1060. The van der Waals surface area contributed by atoms with E-state index < -0.39 is 23.3 Å². The molecule has 1 heterocycles. The highest BCUT2D eigenvalue weighted by molar-refractivity contribution is 6.06. The maximum absolute atomic E-state index is 12.9. The van der Waals surface area contributed by atoms with E-state index in [1.807, 2.05) is 67.5 Å². The first-order valence-electron chi connectivity index (χ1n) is 17.7. The molecule has 0 aromatic heterocycles. The number of hydrogen-bond acceptors (Lipinski definition) is 7. The van der Waals surface area contributed by atoms with E-state index in [1.165, 1.54) is 4.90 Å². The molecule has 3 aliphatic rings. The number of nitrogens with zero attached hydrogens (tertiary/aromatic N) is 2. The molecule has 3 rings (SSSR count). The average molecular weight is 644 g/mol. The van der Waals surface area contributed by atoms with Crippen molar-refractivity contribution in [2.45, 2.75) is 143 Å². The molecule has 7 unspecified atom stereocenters. The molecular formula is C38H65N3O5. The number of fused-ring (bicyclic) bond motifs is 5. The molecule has 262 valence electrons. The number of imide groups is 1. The van der Waals surface area contributed by atoms with Gasteiger partial charge in [0.15, 0.2) is 0 Å². The minimum atomic E-state index is -0.702. The van der Waals surface area contributed by atoms with Gasteiger partial charge in [0.05, 0.1) is 48.8 Å². The van der Waals surface area contributed by atoms with Crippen LogP contribution in [0.3, 0.4) is 0 Å². The molecule has 0 aromatic rings. The summed E-state index contributed by atoms with van der Waals surface area (Å²) in [4.78, 5) is 29.4. The minimum absolute atomic E-state index is 0.0123. The smallest absolute Gasteiger partial charge is 0.233 e. The first-order valence-corrected chi connectivity index (χ1v) is 17.7. The van der Waals surface area contributed by atoms with Crippen molar-refractivity contribution in [1.82, 2.24) is 15.1 Å². The van der Waals surface area contributed by atoms with Crippen LogP contribution in [0, 0.1) is 36.0 Å². The molecule has 0 spiro atoms. The van der Waals surface area contributed by atoms with Gasteiger partial charge in [-0.05, 0) is 92.9 Å². The summed E-state index contributed by atoms with van der Waals surface area (Å²) in [5, 5.41) is 26.3. The topological polar surface area (TPSA) is 102 Å². The highest BCUT2D eigenvalue weighted by Crippen LogP contribution is 2.52. The van der Waals surface area contributed by atoms with Gasteiger partial charge in [0, 0.05) is 24.2 Å². The third-order valence-electron chi connectivity index (χ3n) is 10.1. The van der Waals surface area contributed by atoms with Crippen molar-refractivity contribution < 1.29 is 24.5 Å². The number of likely N-dealkylation sites (tertiary alicyclic amines) is 1. The number of allylic oxidation sites excluding steroid dienone is 3. The van der Waals surface area contributed by atoms with Gasteiger partial charge in [-0.3, -0.25) is 24.7 Å². The van der Waals surface area contributed by atoms with Gasteiger partial charge in [0.25, 0.3) is 0 Å². The fourth-order valence-corrected chi connectivity index (χ4v) is 7.51. The second-order valence-electron chi connectivity index (χ2n) is 14.9. The van der Waals surface area contributed by atoms with Crippen LogP contribution in [-0.2, 0) is 14.3 Å². The zero-order chi connectivity index (χ0) is 34.9. The minimum Gasteiger partial charge on any atom is -0.391 e. The van der Waals surface area contributed by atoms with Crippen molar-refractivity contribution in [1.29, 1.82) is 0 Å².